The summed E-state index contributed by atoms with van der Waals surface area (Å²) in [4.78, 5) is 22.2. The predicted molar refractivity (Wildman–Crippen MR) is 91.5 cm³/mol. The minimum atomic E-state index is -0.432. The number of rotatable bonds is 5. The van der Waals surface area contributed by atoms with Crippen LogP contribution in [0.4, 0.5) is 4.79 Å². The van der Waals surface area contributed by atoms with Crippen molar-refractivity contribution in [3.63, 3.8) is 0 Å². The lowest BCUT2D eigenvalue weighted by molar-refractivity contribution is 0.0142. The molecule has 1 saturated heterocycles. The molecule has 1 atom stereocenters. The number of ether oxygens (including phenoxy) is 2. The molecule has 2 rings (SSSR count). The fourth-order valence-electron chi connectivity index (χ4n) is 2.75. The Balaban J connectivity index is 1.65. The fourth-order valence-corrected chi connectivity index (χ4v) is 2.75. The molecular weight excluding hydrogens is 306 g/mol. The van der Waals surface area contributed by atoms with Gasteiger partial charge in [-0.15, -0.1) is 0 Å². The molecule has 6 nitrogen and oxygen atoms in total. The van der Waals surface area contributed by atoms with Crippen molar-refractivity contribution in [3.05, 3.63) is 24.3 Å². The van der Waals surface area contributed by atoms with Crippen LogP contribution in [0.25, 0.3) is 0 Å². The first kappa shape index (κ1) is 18.6. The number of likely N-dealkylation sites (tertiary alicyclic amines) is 1. The van der Waals surface area contributed by atoms with E-state index in [0.29, 0.717) is 12.5 Å². The van der Waals surface area contributed by atoms with E-state index in [4.69, 9.17) is 9.47 Å². The van der Waals surface area contributed by atoms with E-state index < -0.39 is 5.60 Å². The molecular formula is C18H29N3O3. The highest BCUT2D eigenvalue weighted by molar-refractivity contribution is 5.68. The van der Waals surface area contributed by atoms with Gasteiger partial charge in [0.1, 0.15) is 5.60 Å². The molecule has 1 aromatic heterocycles. The summed E-state index contributed by atoms with van der Waals surface area (Å²) in [5.74, 6) is 0.595. The molecule has 1 aromatic rings. The van der Waals surface area contributed by atoms with E-state index in [-0.39, 0.29) is 12.2 Å². The van der Waals surface area contributed by atoms with Crippen LogP contribution in [-0.4, -0.2) is 46.3 Å². The van der Waals surface area contributed by atoms with Gasteiger partial charge in [0.15, 0.2) is 0 Å². The van der Waals surface area contributed by atoms with Gasteiger partial charge < -0.3 is 14.4 Å². The molecule has 1 amide bonds. The lowest BCUT2D eigenvalue weighted by Gasteiger charge is -2.33. The number of hydrogen-bond acceptors (Lipinski definition) is 5. The Morgan fingerprint density at radius 2 is 2.04 bits per heavy atom. The average Bonchev–Trinajstić information content (AvgIpc) is 2.54. The number of aromatic nitrogens is 2. The van der Waals surface area contributed by atoms with Gasteiger partial charge in [-0.25, -0.2) is 4.79 Å². The van der Waals surface area contributed by atoms with Crippen LogP contribution in [0.2, 0.25) is 0 Å². The zero-order valence-corrected chi connectivity index (χ0v) is 15.2. The smallest absolute Gasteiger partial charge is 0.410 e. The van der Waals surface area contributed by atoms with Crippen LogP contribution in [0.5, 0.6) is 0 Å². The van der Waals surface area contributed by atoms with E-state index in [0.717, 1.165) is 38.0 Å². The second kappa shape index (κ2) is 8.42. The number of carbonyl (C=O) groups excluding carboxylic acids is 1. The van der Waals surface area contributed by atoms with E-state index in [1.165, 1.54) is 0 Å². The first-order valence-corrected chi connectivity index (χ1v) is 8.70. The number of piperidine rings is 1. The normalized spacial score (nSPS) is 17.6. The fraction of sp³-hybridized carbons (Fsp3) is 0.722. The van der Waals surface area contributed by atoms with Crippen molar-refractivity contribution >= 4 is 6.09 Å². The Labute approximate surface area is 144 Å². The Morgan fingerprint density at radius 1 is 1.33 bits per heavy atom. The standard InChI is InChI=1S/C18H29N3O3/c1-14(16-13-19-8-9-20-16)23-12-7-15-5-10-21(11-6-15)17(22)24-18(2,3)4/h8-9,13-15H,5-7,10-12H2,1-4H3. The molecule has 0 N–H and O–H groups in total. The van der Waals surface area contributed by atoms with Crippen molar-refractivity contribution in [2.45, 2.75) is 58.7 Å². The quantitative estimate of drug-likeness (QED) is 0.823. The Morgan fingerprint density at radius 3 is 2.62 bits per heavy atom. The maximum absolute atomic E-state index is 12.0. The van der Waals surface area contributed by atoms with Crippen LogP contribution >= 0.6 is 0 Å². The monoisotopic (exact) mass is 335 g/mol. The largest absolute Gasteiger partial charge is 0.444 e. The summed E-state index contributed by atoms with van der Waals surface area (Å²) in [6.45, 7) is 9.91. The average molecular weight is 335 g/mol. The van der Waals surface area contributed by atoms with E-state index in [1.54, 1.807) is 18.6 Å². The summed E-state index contributed by atoms with van der Waals surface area (Å²) in [6, 6.07) is 0. The first-order valence-electron chi connectivity index (χ1n) is 8.70. The van der Waals surface area contributed by atoms with Gasteiger partial charge in [0.2, 0.25) is 0 Å². The molecule has 0 spiro atoms. The summed E-state index contributed by atoms with van der Waals surface area (Å²) in [5, 5.41) is 0. The van der Waals surface area contributed by atoms with Crippen LogP contribution in [0, 0.1) is 5.92 Å². The summed E-state index contributed by atoms with van der Waals surface area (Å²) >= 11 is 0. The third-order valence-electron chi connectivity index (χ3n) is 4.16. The van der Waals surface area contributed by atoms with Gasteiger partial charge in [-0.05, 0) is 52.9 Å². The zero-order valence-electron chi connectivity index (χ0n) is 15.2. The SMILES string of the molecule is CC(OCCC1CCN(C(=O)OC(C)(C)C)CC1)c1cnccn1. The minimum Gasteiger partial charge on any atom is -0.444 e. The van der Waals surface area contributed by atoms with Gasteiger partial charge in [-0.3, -0.25) is 9.97 Å². The first-order chi connectivity index (χ1) is 11.3. The molecule has 1 aliphatic heterocycles. The van der Waals surface area contributed by atoms with Crippen molar-refractivity contribution in [2.24, 2.45) is 5.92 Å². The highest BCUT2D eigenvalue weighted by Gasteiger charge is 2.26. The van der Waals surface area contributed by atoms with Crippen LogP contribution in [-0.2, 0) is 9.47 Å². The van der Waals surface area contributed by atoms with Crippen molar-refractivity contribution in [3.8, 4) is 0 Å². The van der Waals surface area contributed by atoms with E-state index >= 15 is 0 Å². The van der Waals surface area contributed by atoms with Crippen LogP contribution in [0.1, 0.15) is 58.8 Å². The third kappa shape index (κ3) is 6.07. The topological polar surface area (TPSA) is 64.5 Å². The Kier molecular flexibility index (Phi) is 6.54. The number of amides is 1. The number of carbonyl (C=O) groups is 1. The van der Waals surface area contributed by atoms with Crippen LogP contribution in [0.3, 0.4) is 0 Å². The molecule has 0 radical (unpaired) electrons. The molecule has 1 unspecified atom stereocenters. The molecule has 1 aliphatic rings. The lowest BCUT2D eigenvalue weighted by Crippen LogP contribution is -2.41. The van der Waals surface area contributed by atoms with Gasteiger partial charge in [-0.1, -0.05) is 0 Å². The van der Waals surface area contributed by atoms with Gasteiger partial charge in [-0.2, -0.15) is 0 Å². The minimum absolute atomic E-state index is 0.0412. The predicted octanol–water partition coefficient (Wildman–Crippen LogP) is 3.59. The number of nitrogens with zero attached hydrogens (tertiary/aromatic N) is 3. The highest BCUT2D eigenvalue weighted by Crippen LogP contribution is 2.23. The van der Waals surface area contributed by atoms with E-state index in [9.17, 15) is 4.79 Å². The van der Waals surface area contributed by atoms with Crippen LogP contribution < -0.4 is 0 Å². The number of hydrogen-bond donors (Lipinski definition) is 0. The second-order valence-electron chi connectivity index (χ2n) is 7.34. The van der Waals surface area contributed by atoms with Gasteiger partial charge in [0, 0.05) is 32.1 Å². The summed E-state index contributed by atoms with van der Waals surface area (Å²) in [5.41, 5.74) is 0.426. The maximum Gasteiger partial charge on any atom is 0.410 e. The Hall–Kier alpha value is -1.69. The second-order valence-corrected chi connectivity index (χ2v) is 7.34. The van der Waals surface area contributed by atoms with Crippen molar-refractivity contribution in [2.75, 3.05) is 19.7 Å². The van der Waals surface area contributed by atoms with E-state index in [1.807, 2.05) is 32.6 Å². The van der Waals surface area contributed by atoms with E-state index in [2.05, 4.69) is 9.97 Å². The van der Waals surface area contributed by atoms with Gasteiger partial charge >= 0.3 is 6.09 Å². The highest BCUT2D eigenvalue weighted by atomic mass is 16.6. The molecule has 24 heavy (non-hydrogen) atoms. The molecule has 0 aromatic carbocycles. The van der Waals surface area contributed by atoms with Crippen molar-refractivity contribution in [1.82, 2.24) is 14.9 Å². The molecule has 0 saturated carbocycles. The summed E-state index contributed by atoms with van der Waals surface area (Å²) in [7, 11) is 0. The molecule has 1 fully saturated rings. The van der Waals surface area contributed by atoms with Gasteiger partial charge in [0.25, 0.3) is 0 Å². The van der Waals surface area contributed by atoms with Crippen molar-refractivity contribution < 1.29 is 14.3 Å². The molecule has 2 heterocycles. The molecule has 0 bridgehead atoms. The molecule has 134 valence electrons. The lowest BCUT2D eigenvalue weighted by atomic mass is 9.94. The summed E-state index contributed by atoms with van der Waals surface area (Å²) in [6.07, 6.45) is 7.85. The van der Waals surface area contributed by atoms with Crippen molar-refractivity contribution in [1.29, 1.82) is 0 Å². The van der Waals surface area contributed by atoms with Gasteiger partial charge in [0.05, 0.1) is 18.0 Å². The molecule has 0 aliphatic carbocycles. The zero-order chi connectivity index (χ0) is 17.6. The Bertz CT molecular complexity index is 508. The summed E-state index contributed by atoms with van der Waals surface area (Å²) < 4.78 is 11.3. The third-order valence-corrected chi connectivity index (χ3v) is 4.16. The van der Waals surface area contributed by atoms with Crippen LogP contribution in [0.15, 0.2) is 18.6 Å². The molecule has 6 heteroatoms. The maximum atomic E-state index is 12.0.